The smallest absolute Gasteiger partial charge is 0.183 e. The molecule has 0 fully saturated rings. The van der Waals surface area contributed by atoms with Gasteiger partial charge in [-0.05, 0) is 51.0 Å². The van der Waals surface area contributed by atoms with Crippen LogP contribution in [0.4, 0.5) is 0 Å². The summed E-state index contributed by atoms with van der Waals surface area (Å²) >= 11 is 6.13. The Labute approximate surface area is 103 Å². The minimum Gasteiger partial charge on any atom is -0.349 e. The van der Waals surface area contributed by atoms with Crippen molar-refractivity contribution in [1.82, 2.24) is 0 Å². The first kappa shape index (κ1) is 13.5. The molecule has 0 aliphatic rings. The molecule has 90 valence electrons. The van der Waals surface area contributed by atoms with Gasteiger partial charge >= 0.3 is 0 Å². The highest BCUT2D eigenvalue weighted by atomic mass is 35.5. The molecule has 0 aliphatic carbocycles. The Kier molecular flexibility index (Phi) is 5.26. The number of rotatable bonds is 5. The van der Waals surface area contributed by atoms with Crippen molar-refractivity contribution in [1.29, 1.82) is 0 Å². The molecule has 0 N–H and O–H groups in total. The van der Waals surface area contributed by atoms with Crippen molar-refractivity contribution >= 4 is 11.6 Å². The van der Waals surface area contributed by atoms with Gasteiger partial charge in [0.25, 0.3) is 0 Å². The Hall–Kier alpha value is -0.570. The molecule has 0 aliphatic heterocycles. The lowest BCUT2D eigenvalue weighted by Gasteiger charge is -2.18. The van der Waals surface area contributed by atoms with E-state index >= 15 is 0 Å². The van der Waals surface area contributed by atoms with Gasteiger partial charge in [-0.15, -0.1) is 0 Å². The molecule has 0 amide bonds. The second-order valence-corrected chi connectivity index (χ2v) is 4.09. The molecule has 1 aromatic rings. The number of hydrogen-bond acceptors (Lipinski definition) is 2. The fraction of sp³-hybridized carbons (Fsp3) is 0.538. The Morgan fingerprint density at radius 1 is 1.06 bits per heavy atom. The van der Waals surface area contributed by atoms with E-state index in [1.54, 1.807) is 0 Å². The van der Waals surface area contributed by atoms with Gasteiger partial charge in [0.2, 0.25) is 0 Å². The minimum atomic E-state index is -0.287. The number of hydrogen-bond donors (Lipinski definition) is 0. The quantitative estimate of drug-likeness (QED) is 0.726. The number of halogens is 1. The Morgan fingerprint density at radius 2 is 1.50 bits per heavy atom. The molecule has 0 atom stereocenters. The van der Waals surface area contributed by atoms with Crippen LogP contribution in [0.2, 0.25) is 5.02 Å². The van der Waals surface area contributed by atoms with Crippen LogP contribution in [-0.4, -0.2) is 13.2 Å². The van der Waals surface area contributed by atoms with E-state index in [-0.39, 0.29) is 6.29 Å². The van der Waals surface area contributed by atoms with Gasteiger partial charge in [-0.25, -0.2) is 0 Å². The van der Waals surface area contributed by atoms with Crippen LogP contribution in [0.3, 0.4) is 0 Å². The van der Waals surface area contributed by atoms with Crippen molar-refractivity contribution in [2.75, 3.05) is 13.2 Å². The van der Waals surface area contributed by atoms with Gasteiger partial charge in [0, 0.05) is 23.8 Å². The normalized spacial score (nSPS) is 11.1. The fourth-order valence-electron chi connectivity index (χ4n) is 1.66. The van der Waals surface area contributed by atoms with Gasteiger partial charge in [-0.1, -0.05) is 11.6 Å². The lowest BCUT2D eigenvalue weighted by Crippen LogP contribution is -2.09. The van der Waals surface area contributed by atoms with Crippen molar-refractivity contribution in [3.8, 4) is 0 Å². The monoisotopic (exact) mass is 242 g/mol. The Morgan fingerprint density at radius 3 is 1.88 bits per heavy atom. The van der Waals surface area contributed by atoms with Crippen LogP contribution in [0.15, 0.2) is 12.1 Å². The third-order valence-electron chi connectivity index (χ3n) is 2.37. The molecule has 3 heteroatoms. The van der Waals surface area contributed by atoms with Gasteiger partial charge in [-0.3, -0.25) is 0 Å². The van der Waals surface area contributed by atoms with E-state index in [1.807, 2.05) is 39.8 Å². The summed E-state index contributed by atoms with van der Waals surface area (Å²) < 4.78 is 11.1. The van der Waals surface area contributed by atoms with Gasteiger partial charge in [0.05, 0.1) is 0 Å². The number of ether oxygens (including phenoxy) is 2. The molecule has 1 rings (SSSR count). The van der Waals surface area contributed by atoms with E-state index in [1.165, 1.54) is 0 Å². The van der Waals surface area contributed by atoms with E-state index in [4.69, 9.17) is 21.1 Å². The predicted molar refractivity (Wildman–Crippen MR) is 66.9 cm³/mol. The van der Waals surface area contributed by atoms with Crippen LogP contribution in [0.5, 0.6) is 0 Å². The van der Waals surface area contributed by atoms with E-state index in [2.05, 4.69) is 0 Å². The van der Waals surface area contributed by atoms with E-state index in [9.17, 15) is 0 Å². The van der Waals surface area contributed by atoms with E-state index in [0.717, 1.165) is 21.7 Å². The highest BCUT2D eigenvalue weighted by Gasteiger charge is 2.13. The molecule has 0 bridgehead atoms. The summed E-state index contributed by atoms with van der Waals surface area (Å²) in [5, 5.41) is 0.815. The van der Waals surface area contributed by atoms with Crippen LogP contribution >= 0.6 is 11.6 Å². The first-order valence-corrected chi connectivity index (χ1v) is 5.97. The van der Waals surface area contributed by atoms with Crippen molar-refractivity contribution < 1.29 is 9.47 Å². The fourth-order valence-corrected chi connectivity index (χ4v) is 1.77. The summed E-state index contributed by atoms with van der Waals surface area (Å²) in [5.74, 6) is 0. The molecule has 0 saturated heterocycles. The van der Waals surface area contributed by atoms with Gasteiger partial charge in [-0.2, -0.15) is 0 Å². The van der Waals surface area contributed by atoms with Crippen LogP contribution in [-0.2, 0) is 9.47 Å². The average molecular weight is 243 g/mol. The Balaban J connectivity index is 3.00. The highest BCUT2D eigenvalue weighted by Crippen LogP contribution is 2.27. The molecule has 0 heterocycles. The van der Waals surface area contributed by atoms with Crippen molar-refractivity contribution in [2.24, 2.45) is 0 Å². The summed E-state index contributed by atoms with van der Waals surface area (Å²) in [6, 6.07) is 4.04. The topological polar surface area (TPSA) is 18.5 Å². The minimum absolute atomic E-state index is 0.287. The molecule has 0 spiro atoms. The molecule has 1 aromatic carbocycles. The summed E-state index contributed by atoms with van der Waals surface area (Å²) in [4.78, 5) is 0. The van der Waals surface area contributed by atoms with Gasteiger partial charge < -0.3 is 9.47 Å². The highest BCUT2D eigenvalue weighted by molar-refractivity contribution is 6.32. The predicted octanol–water partition coefficient (Wildman–Crippen LogP) is 4.03. The van der Waals surface area contributed by atoms with Crippen molar-refractivity contribution in [3.05, 3.63) is 33.8 Å². The zero-order valence-electron chi connectivity index (χ0n) is 10.3. The zero-order valence-corrected chi connectivity index (χ0v) is 11.1. The molecule has 0 unspecified atom stereocenters. The SMILES string of the molecule is CCOC(OCC)c1cc(C)c(Cl)c(C)c1. The van der Waals surface area contributed by atoms with E-state index < -0.39 is 0 Å². The van der Waals surface area contributed by atoms with Crippen LogP contribution in [0.25, 0.3) is 0 Å². The third-order valence-corrected chi connectivity index (χ3v) is 2.96. The second kappa shape index (κ2) is 6.24. The molecular formula is C13H19ClO2. The molecule has 0 saturated carbocycles. The second-order valence-electron chi connectivity index (χ2n) is 3.71. The lowest BCUT2D eigenvalue weighted by atomic mass is 10.1. The summed E-state index contributed by atoms with van der Waals surface area (Å²) in [6.45, 7) is 9.17. The van der Waals surface area contributed by atoms with Gasteiger partial charge in [0.1, 0.15) is 0 Å². The molecular weight excluding hydrogens is 224 g/mol. The molecule has 2 nitrogen and oxygen atoms in total. The summed E-state index contributed by atoms with van der Waals surface area (Å²) in [7, 11) is 0. The first-order chi connectivity index (χ1) is 7.60. The van der Waals surface area contributed by atoms with E-state index in [0.29, 0.717) is 13.2 Å². The largest absolute Gasteiger partial charge is 0.349 e. The first-order valence-electron chi connectivity index (χ1n) is 5.60. The maximum Gasteiger partial charge on any atom is 0.183 e. The van der Waals surface area contributed by atoms with Crippen molar-refractivity contribution in [3.63, 3.8) is 0 Å². The summed E-state index contributed by atoms with van der Waals surface area (Å²) in [6.07, 6.45) is -0.287. The van der Waals surface area contributed by atoms with Crippen LogP contribution in [0.1, 0.15) is 36.8 Å². The van der Waals surface area contributed by atoms with Gasteiger partial charge in [0.15, 0.2) is 6.29 Å². The summed E-state index contributed by atoms with van der Waals surface area (Å²) in [5.41, 5.74) is 3.14. The van der Waals surface area contributed by atoms with Crippen LogP contribution < -0.4 is 0 Å². The number of benzene rings is 1. The zero-order chi connectivity index (χ0) is 12.1. The Bertz CT molecular complexity index is 321. The number of aryl methyl sites for hydroxylation is 2. The standard InChI is InChI=1S/C13H19ClO2/c1-5-15-13(16-6-2)11-7-9(3)12(14)10(4)8-11/h7-8,13H,5-6H2,1-4H3. The molecule has 16 heavy (non-hydrogen) atoms. The maximum atomic E-state index is 6.13. The lowest BCUT2D eigenvalue weighted by molar-refractivity contribution is -0.140. The average Bonchev–Trinajstić information content (AvgIpc) is 2.25. The third kappa shape index (κ3) is 3.21. The maximum absolute atomic E-state index is 6.13. The molecule has 0 aromatic heterocycles. The van der Waals surface area contributed by atoms with Crippen LogP contribution in [0, 0.1) is 13.8 Å². The molecule has 0 radical (unpaired) electrons. The van der Waals surface area contributed by atoms with Crippen molar-refractivity contribution in [2.45, 2.75) is 34.0 Å².